The quantitative estimate of drug-likeness (QED) is 0.905. The summed E-state index contributed by atoms with van der Waals surface area (Å²) in [5.41, 5.74) is -0.574. The fraction of sp³-hybridized carbons (Fsp3) is 0.294. The Bertz CT molecular complexity index is 872. The minimum absolute atomic E-state index is 0.0108. The van der Waals surface area contributed by atoms with Crippen molar-refractivity contribution in [1.29, 1.82) is 0 Å². The molecule has 7 nitrogen and oxygen atoms in total. The molecule has 0 bridgehead atoms. The number of rotatable bonds is 3. The van der Waals surface area contributed by atoms with E-state index in [0.29, 0.717) is 25.9 Å². The molecule has 0 saturated carbocycles. The third kappa shape index (κ3) is 3.42. The van der Waals surface area contributed by atoms with Gasteiger partial charge in [-0.05, 0) is 31.0 Å². The molecule has 3 rings (SSSR count). The van der Waals surface area contributed by atoms with Gasteiger partial charge in [0.2, 0.25) is 0 Å². The first-order valence-corrected chi connectivity index (χ1v) is 7.85. The lowest BCUT2D eigenvalue weighted by Gasteiger charge is -2.29. The molecule has 1 aliphatic heterocycles. The smallest absolute Gasteiger partial charge is 0.306 e. The van der Waals surface area contributed by atoms with E-state index in [2.05, 4.69) is 5.10 Å². The van der Waals surface area contributed by atoms with Gasteiger partial charge in [-0.1, -0.05) is 12.1 Å². The fourth-order valence-corrected chi connectivity index (χ4v) is 2.81. The van der Waals surface area contributed by atoms with E-state index in [4.69, 9.17) is 5.11 Å². The zero-order valence-electron chi connectivity index (χ0n) is 13.3. The molecular formula is C17H16FN3O4. The van der Waals surface area contributed by atoms with E-state index in [0.717, 1.165) is 10.7 Å². The molecule has 2 heterocycles. The Kier molecular flexibility index (Phi) is 4.60. The number of para-hydroxylation sites is 1. The molecule has 1 saturated heterocycles. The van der Waals surface area contributed by atoms with E-state index < -0.39 is 29.2 Å². The van der Waals surface area contributed by atoms with Gasteiger partial charge in [0.25, 0.3) is 11.5 Å². The summed E-state index contributed by atoms with van der Waals surface area (Å²) >= 11 is 0. The van der Waals surface area contributed by atoms with Crippen molar-refractivity contribution < 1.29 is 19.1 Å². The van der Waals surface area contributed by atoms with Crippen LogP contribution in [0.4, 0.5) is 4.39 Å². The number of halogens is 1. The number of carboxylic acid groups (broad SMARTS) is 1. The summed E-state index contributed by atoms with van der Waals surface area (Å²) in [6.45, 7) is 0.604. The molecular weight excluding hydrogens is 329 g/mol. The van der Waals surface area contributed by atoms with Crippen LogP contribution in [0.1, 0.15) is 23.3 Å². The van der Waals surface area contributed by atoms with E-state index >= 15 is 0 Å². The highest BCUT2D eigenvalue weighted by molar-refractivity contribution is 5.92. The number of amides is 1. The number of hydrogen-bond acceptors (Lipinski definition) is 4. The van der Waals surface area contributed by atoms with Gasteiger partial charge >= 0.3 is 5.97 Å². The van der Waals surface area contributed by atoms with Crippen LogP contribution < -0.4 is 5.56 Å². The molecule has 1 aromatic carbocycles. The minimum Gasteiger partial charge on any atom is -0.481 e. The molecule has 0 atom stereocenters. The Labute approximate surface area is 142 Å². The Morgan fingerprint density at radius 1 is 1.12 bits per heavy atom. The second kappa shape index (κ2) is 6.84. The van der Waals surface area contributed by atoms with Crippen molar-refractivity contribution in [3.63, 3.8) is 0 Å². The predicted octanol–water partition coefficient (Wildman–Crippen LogP) is 1.31. The first-order valence-electron chi connectivity index (χ1n) is 7.85. The number of nitrogens with zero attached hydrogens (tertiary/aromatic N) is 3. The maximum absolute atomic E-state index is 13.9. The van der Waals surface area contributed by atoms with Crippen molar-refractivity contribution in [2.24, 2.45) is 5.92 Å². The largest absolute Gasteiger partial charge is 0.481 e. The third-order valence-corrected chi connectivity index (χ3v) is 4.23. The van der Waals surface area contributed by atoms with Gasteiger partial charge in [-0.3, -0.25) is 14.4 Å². The maximum Gasteiger partial charge on any atom is 0.306 e. The molecule has 0 aliphatic carbocycles. The average molecular weight is 345 g/mol. The first-order chi connectivity index (χ1) is 12.0. The molecule has 8 heteroatoms. The number of carboxylic acids is 1. The van der Waals surface area contributed by atoms with E-state index in [1.54, 1.807) is 6.07 Å². The molecule has 130 valence electrons. The topological polar surface area (TPSA) is 92.5 Å². The lowest BCUT2D eigenvalue weighted by molar-refractivity contribution is -0.143. The van der Waals surface area contributed by atoms with Crippen molar-refractivity contribution in [3.8, 4) is 5.69 Å². The highest BCUT2D eigenvalue weighted by Crippen LogP contribution is 2.19. The highest BCUT2D eigenvalue weighted by Gasteiger charge is 2.28. The van der Waals surface area contributed by atoms with Gasteiger partial charge in [-0.25, -0.2) is 4.39 Å². The Morgan fingerprint density at radius 2 is 1.80 bits per heavy atom. The Morgan fingerprint density at radius 3 is 2.44 bits per heavy atom. The summed E-state index contributed by atoms with van der Waals surface area (Å²) in [5, 5.41) is 13.0. The Hall–Kier alpha value is -3.03. The number of aliphatic carboxylic acids is 1. The molecule has 0 radical (unpaired) electrons. The Balaban J connectivity index is 1.85. The van der Waals surface area contributed by atoms with Crippen LogP contribution in [0.25, 0.3) is 5.69 Å². The average Bonchev–Trinajstić information content (AvgIpc) is 2.62. The van der Waals surface area contributed by atoms with Crippen LogP contribution in [0, 0.1) is 11.7 Å². The van der Waals surface area contributed by atoms with Crippen LogP contribution in [0.5, 0.6) is 0 Å². The second-order valence-corrected chi connectivity index (χ2v) is 5.82. The number of carbonyl (C=O) groups is 2. The normalized spacial score (nSPS) is 15.2. The summed E-state index contributed by atoms with van der Waals surface area (Å²) in [6.07, 6.45) is 0.738. The zero-order valence-corrected chi connectivity index (χ0v) is 13.3. The van der Waals surface area contributed by atoms with Gasteiger partial charge in [-0.15, -0.1) is 0 Å². The second-order valence-electron chi connectivity index (χ2n) is 5.82. The van der Waals surface area contributed by atoms with Crippen LogP contribution >= 0.6 is 0 Å². The molecule has 2 aromatic rings. The number of piperidine rings is 1. The molecule has 1 N–H and O–H groups in total. The molecule has 1 amide bonds. The van der Waals surface area contributed by atoms with Gasteiger partial charge in [0.15, 0.2) is 0 Å². The monoisotopic (exact) mass is 345 g/mol. The van der Waals surface area contributed by atoms with Crippen molar-refractivity contribution in [1.82, 2.24) is 14.7 Å². The van der Waals surface area contributed by atoms with Gasteiger partial charge < -0.3 is 10.0 Å². The molecule has 1 fully saturated rings. The number of likely N-dealkylation sites (tertiary alicyclic amines) is 1. The van der Waals surface area contributed by atoms with E-state index in [-0.39, 0.29) is 11.4 Å². The van der Waals surface area contributed by atoms with E-state index in [9.17, 15) is 18.8 Å². The predicted molar refractivity (Wildman–Crippen MR) is 86.1 cm³/mol. The highest BCUT2D eigenvalue weighted by atomic mass is 19.1. The molecule has 0 unspecified atom stereocenters. The van der Waals surface area contributed by atoms with Crippen LogP contribution in [0.2, 0.25) is 0 Å². The first kappa shape index (κ1) is 16.8. The molecule has 0 spiro atoms. The van der Waals surface area contributed by atoms with Gasteiger partial charge in [-0.2, -0.15) is 9.78 Å². The van der Waals surface area contributed by atoms with Crippen molar-refractivity contribution in [3.05, 3.63) is 58.3 Å². The van der Waals surface area contributed by atoms with Crippen LogP contribution in [0.15, 0.2) is 41.2 Å². The summed E-state index contributed by atoms with van der Waals surface area (Å²) in [6, 6.07) is 8.12. The van der Waals surface area contributed by atoms with Crippen molar-refractivity contribution in [2.45, 2.75) is 12.8 Å². The standard InChI is InChI=1S/C17H16FN3O4/c18-12-3-1-2-4-14(12)21-15(22)6-5-13(19-21)16(23)20-9-7-11(8-10-20)17(24)25/h1-6,11H,7-10H2,(H,24,25). The SMILES string of the molecule is O=C(O)C1CCN(C(=O)c2ccc(=O)n(-c3ccccc3F)n2)CC1. The number of carbonyl (C=O) groups excluding carboxylic acids is 1. The van der Waals surface area contributed by atoms with Crippen molar-refractivity contribution in [2.75, 3.05) is 13.1 Å². The maximum atomic E-state index is 13.9. The van der Waals surface area contributed by atoms with Crippen LogP contribution in [0.3, 0.4) is 0 Å². The van der Waals surface area contributed by atoms with Crippen molar-refractivity contribution >= 4 is 11.9 Å². The lowest BCUT2D eigenvalue weighted by Crippen LogP contribution is -2.41. The van der Waals surface area contributed by atoms with Crippen LogP contribution in [-0.2, 0) is 4.79 Å². The molecule has 25 heavy (non-hydrogen) atoms. The number of aromatic nitrogens is 2. The molecule has 1 aliphatic rings. The number of benzene rings is 1. The van der Waals surface area contributed by atoms with Gasteiger partial charge in [0.05, 0.1) is 5.92 Å². The fourth-order valence-electron chi connectivity index (χ4n) is 2.81. The summed E-state index contributed by atoms with van der Waals surface area (Å²) in [4.78, 5) is 37.0. The summed E-state index contributed by atoms with van der Waals surface area (Å²) in [7, 11) is 0. The van der Waals surface area contributed by atoms with Gasteiger partial charge in [0, 0.05) is 19.2 Å². The van der Waals surface area contributed by atoms with Gasteiger partial charge in [0.1, 0.15) is 17.2 Å². The lowest BCUT2D eigenvalue weighted by atomic mass is 9.97. The molecule has 1 aromatic heterocycles. The zero-order chi connectivity index (χ0) is 18.0. The van der Waals surface area contributed by atoms with E-state index in [1.807, 2.05) is 0 Å². The number of hydrogen-bond donors (Lipinski definition) is 1. The van der Waals surface area contributed by atoms with Crippen LogP contribution in [-0.4, -0.2) is 44.8 Å². The van der Waals surface area contributed by atoms with E-state index in [1.165, 1.54) is 29.2 Å². The summed E-state index contributed by atoms with van der Waals surface area (Å²) in [5.74, 6) is -2.35. The summed E-state index contributed by atoms with van der Waals surface area (Å²) < 4.78 is 14.8. The third-order valence-electron chi connectivity index (χ3n) is 4.23. The minimum atomic E-state index is -0.863.